The van der Waals surface area contributed by atoms with Gasteiger partial charge in [-0.05, 0) is 18.1 Å². The number of nitrogens with one attached hydrogen (secondary N) is 2. The van der Waals surface area contributed by atoms with Crippen LogP contribution < -0.4 is 10.6 Å². The maximum Gasteiger partial charge on any atom is 0.423 e. The van der Waals surface area contributed by atoms with Crippen LogP contribution in [0.1, 0.15) is 11.1 Å². The third-order valence-corrected chi connectivity index (χ3v) is 4.11. The molecule has 0 aromatic heterocycles. The van der Waals surface area contributed by atoms with E-state index in [1.807, 2.05) is 0 Å². The van der Waals surface area contributed by atoms with Crippen molar-refractivity contribution in [2.24, 2.45) is 0 Å². The molecule has 0 saturated carbocycles. The molecule has 3 N–H and O–H groups in total. The second-order valence-electron chi connectivity index (χ2n) is 6.12. The molecule has 0 aliphatic rings. The highest BCUT2D eigenvalue weighted by Crippen LogP contribution is 2.38. The molecule has 0 radical (unpaired) electrons. The molecule has 0 saturated heterocycles. The van der Waals surface area contributed by atoms with Crippen LogP contribution in [0.5, 0.6) is 0 Å². The maximum absolute atomic E-state index is 13.4. The van der Waals surface area contributed by atoms with Gasteiger partial charge in [-0.25, -0.2) is 0 Å². The van der Waals surface area contributed by atoms with Gasteiger partial charge < -0.3 is 15.7 Å². The summed E-state index contributed by atoms with van der Waals surface area (Å²) in [6.07, 6.45) is -5.13. The Morgan fingerprint density at radius 3 is 2.28 bits per heavy atom. The van der Waals surface area contributed by atoms with Crippen LogP contribution in [0.4, 0.5) is 24.5 Å². The number of nitrogens with zero attached hydrogens (tertiary/aromatic N) is 1. The zero-order chi connectivity index (χ0) is 21.8. The highest BCUT2D eigenvalue weighted by molar-refractivity contribution is 6.39. The molecule has 2 aromatic carbocycles. The second kappa shape index (κ2) is 8.27. The average Bonchev–Trinajstić information content (AvgIpc) is 2.67. The molecule has 2 rings (SSSR count). The molecule has 29 heavy (non-hydrogen) atoms. The number of aryl methyl sites for hydroxylation is 1. The summed E-state index contributed by atoms with van der Waals surface area (Å²) in [5, 5.41) is 24.8. The number of rotatable bonds is 5. The van der Waals surface area contributed by atoms with Crippen LogP contribution in [0.25, 0.3) is 0 Å². The van der Waals surface area contributed by atoms with Gasteiger partial charge in [0, 0.05) is 12.1 Å². The van der Waals surface area contributed by atoms with E-state index >= 15 is 0 Å². The van der Waals surface area contributed by atoms with E-state index in [4.69, 9.17) is 0 Å². The van der Waals surface area contributed by atoms with Gasteiger partial charge in [0.25, 0.3) is 5.69 Å². The summed E-state index contributed by atoms with van der Waals surface area (Å²) < 4.78 is 40.2. The molecule has 2 aromatic rings. The number of carbonyl (C=O) groups is 2. The quantitative estimate of drug-likeness (QED) is 0.396. The third kappa shape index (κ3) is 4.88. The average molecular weight is 411 g/mol. The van der Waals surface area contributed by atoms with Gasteiger partial charge in [-0.2, -0.15) is 13.2 Å². The van der Waals surface area contributed by atoms with Crippen LogP contribution >= 0.6 is 0 Å². The van der Waals surface area contributed by atoms with Crippen molar-refractivity contribution in [3.8, 4) is 0 Å². The molecule has 0 fully saturated rings. The molecule has 0 heterocycles. The predicted molar refractivity (Wildman–Crippen MR) is 95.9 cm³/mol. The van der Waals surface area contributed by atoms with Crippen molar-refractivity contribution >= 4 is 23.2 Å². The number of non-ortho nitro benzene ring substituents is 1. The number of nitro benzene ring substituents is 1. The number of benzene rings is 2. The van der Waals surface area contributed by atoms with Gasteiger partial charge in [0.1, 0.15) is 0 Å². The minimum absolute atomic E-state index is 0.0477. The van der Waals surface area contributed by atoms with Gasteiger partial charge in [-0.1, -0.05) is 36.4 Å². The molecule has 0 spiro atoms. The van der Waals surface area contributed by atoms with E-state index in [-0.39, 0.29) is 11.4 Å². The lowest BCUT2D eigenvalue weighted by Crippen LogP contribution is -2.52. The van der Waals surface area contributed by atoms with E-state index < -0.39 is 40.6 Å². The Hall–Kier alpha value is -3.47. The number of aliphatic hydroxyl groups is 1. The van der Waals surface area contributed by atoms with E-state index in [2.05, 4.69) is 5.32 Å². The molecule has 8 nitrogen and oxygen atoms in total. The van der Waals surface area contributed by atoms with E-state index in [0.717, 1.165) is 18.2 Å². The van der Waals surface area contributed by atoms with Crippen LogP contribution in [-0.2, 0) is 15.2 Å². The molecule has 11 heteroatoms. The molecule has 0 aliphatic carbocycles. The summed E-state index contributed by atoms with van der Waals surface area (Å²) in [5.74, 6) is -2.79. The topological polar surface area (TPSA) is 122 Å². The number of halogens is 3. The van der Waals surface area contributed by atoms with E-state index in [0.29, 0.717) is 5.56 Å². The fourth-order valence-corrected chi connectivity index (χ4v) is 2.41. The monoisotopic (exact) mass is 411 g/mol. The summed E-state index contributed by atoms with van der Waals surface area (Å²) >= 11 is 0. The van der Waals surface area contributed by atoms with Gasteiger partial charge in [0.15, 0.2) is 0 Å². The number of hydrogen-bond donors (Lipinski definition) is 3. The summed E-state index contributed by atoms with van der Waals surface area (Å²) in [6, 6.07) is 9.62. The minimum Gasteiger partial charge on any atom is -0.375 e. The van der Waals surface area contributed by atoms with E-state index in [9.17, 15) is 38.0 Å². The Bertz CT molecular complexity index is 934. The normalized spacial score (nSPS) is 13.3. The van der Waals surface area contributed by atoms with Crippen LogP contribution in [0.2, 0.25) is 0 Å². The molecule has 2 amide bonds. The Kier molecular flexibility index (Phi) is 6.22. The molecular weight excluding hydrogens is 395 g/mol. The number of anilines is 1. The smallest absolute Gasteiger partial charge is 0.375 e. The summed E-state index contributed by atoms with van der Waals surface area (Å²) in [6.45, 7) is 0.204. The second-order valence-corrected chi connectivity index (χ2v) is 6.12. The van der Waals surface area contributed by atoms with Crippen molar-refractivity contribution < 1.29 is 32.8 Å². The number of carbonyl (C=O) groups excluding carboxylic acids is 2. The van der Waals surface area contributed by atoms with Gasteiger partial charge in [0.2, 0.25) is 5.60 Å². The van der Waals surface area contributed by atoms with Crippen molar-refractivity contribution in [1.29, 1.82) is 0 Å². The van der Waals surface area contributed by atoms with Crippen molar-refractivity contribution in [2.45, 2.75) is 18.7 Å². The Morgan fingerprint density at radius 1 is 1.10 bits per heavy atom. The van der Waals surface area contributed by atoms with Gasteiger partial charge in [-0.3, -0.25) is 19.7 Å². The first-order chi connectivity index (χ1) is 13.5. The lowest BCUT2D eigenvalue weighted by Gasteiger charge is -2.31. The number of amides is 2. The molecule has 0 aliphatic heterocycles. The van der Waals surface area contributed by atoms with Crippen LogP contribution in [0.3, 0.4) is 0 Å². The summed E-state index contributed by atoms with van der Waals surface area (Å²) in [5.41, 5.74) is -3.92. The molecule has 1 unspecified atom stereocenters. The number of alkyl halides is 3. The van der Waals surface area contributed by atoms with Gasteiger partial charge >= 0.3 is 18.0 Å². The van der Waals surface area contributed by atoms with E-state index in [1.165, 1.54) is 37.3 Å². The van der Waals surface area contributed by atoms with E-state index in [1.54, 1.807) is 5.32 Å². The summed E-state index contributed by atoms with van der Waals surface area (Å²) in [4.78, 5) is 34.0. The molecular formula is C18H16F3N3O5. The fraction of sp³-hybridized carbons (Fsp3) is 0.222. The van der Waals surface area contributed by atoms with Crippen LogP contribution in [-0.4, -0.2) is 34.6 Å². The van der Waals surface area contributed by atoms with Crippen molar-refractivity contribution in [1.82, 2.24) is 5.32 Å². The Balaban J connectivity index is 2.14. The lowest BCUT2D eigenvalue weighted by atomic mass is 9.93. The van der Waals surface area contributed by atoms with Crippen LogP contribution in [0.15, 0.2) is 48.5 Å². The lowest BCUT2D eigenvalue weighted by molar-refractivity contribution is -0.384. The zero-order valence-corrected chi connectivity index (χ0v) is 15.0. The molecule has 0 bridgehead atoms. The Morgan fingerprint density at radius 2 is 1.72 bits per heavy atom. The maximum atomic E-state index is 13.4. The van der Waals surface area contributed by atoms with Crippen molar-refractivity contribution in [3.63, 3.8) is 0 Å². The van der Waals surface area contributed by atoms with Crippen molar-refractivity contribution in [3.05, 3.63) is 69.8 Å². The first-order valence-electron chi connectivity index (χ1n) is 8.14. The van der Waals surface area contributed by atoms with Gasteiger partial charge in [0.05, 0.1) is 17.2 Å². The standard InChI is InChI=1S/C18H16F3N3O5/c1-11-7-8-13(24(28)29)9-14(11)23-16(26)15(25)22-10-17(27,18(19,20)21)12-5-3-2-4-6-12/h2-9,27H,10H2,1H3,(H,22,25)(H,23,26). The third-order valence-electron chi connectivity index (χ3n) is 4.11. The highest BCUT2D eigenvalue weighted by Gasteiger charge is 2.55. The zero-order valence-electron chi connectivity index (χ0n) is 15.0. The van der Waals surface area contributed by atoms with Gasteiger partial charge in [-0.15, -0.1) is 0 Å². The minimum atomic E-state index is -5.13. The Labute approximate surface area is 162 Å². The molecule has 154 valence electrons. The largest absolute Gasteiger partial charge is 0.423 e. The summed E-state index contributed by atoms with van der Waals surface area (Å²) in [7, 11) is 0. The number of hydrogen-bond acceptors (Lipinski definition) is 5. The number of nitro groups is 1. The highest BCUT2D eigenvalue weighted by atomic mass is 19.4. The van der Waals surface area contributed by atoms with Crippen LogP contribution in [0, 0.1) is 17.0 Å². The first kappa shape index (κ1) is 21.8. The first-order valence-corrected chi connectivity index (χ1v) is 8.14. The SMILES string of the molecule is Cc1ccc([N+](=O)[O-])cc1NC(=O)C(=O)NCC(O)(c1ccccc1)C(F)(F)F. The fourth-order valence-electron chi connectivity index (χ4n) is 2.41. The predicted octanol–water partition coefficient (Wildman–Crippen LogP) is 2.41. The van der Waals surface area contributed by atoms with Crippen molar-refractivity contribution in [2.75, 3.05) is 11.9 Å². The molecule has 1 atom stereocenters.